The predicted molar refractivity (Wildman–Crippen MR) is 110 cm³/mol. The number of rotatable bonds is 4. The second-order valence-corrected chi connectivity index (χ2v) is 8.91. The molecule has 0 atom stereocenters. The molecule has 4 rings (SSSR count). The Morgan fingerprint density at radius 2 is 1.75 bits per heavy atom. The molecule has 0 aliphatic carbocycles. The number of nitrogens with zero attached hydrogens (tertiary/aromatic N) is 3. The Kier molecular flexibility index (Phi) is 4.95. The quantitative estimate of drug-likeness (QED) is 0.675. The van der Waals surface area contributed by atoms with Gasteiger partial charge in [-0.3, -0.25) is 4.98 Å². The van der Waals surface area contributed by atoms with E-state index in [0.29, 0.717) is 5.75 Å². The van der Waals surface area contributed by atoms with E-state index in [2.05, 4.69) is 27.9 Å². The molecule has 1 aliphatic heterocycles. The van der Waals surface area contributed by atoms with Crippen molar-refractivity contribution in [1.82, 2.24) is 9.88 Å². The smallest absolute Gasteiger partial charge is 0.211 e. The maximum absolute atomic E-state index is 13.1. The molecule has 7 heteroatoms. The molecule has 0 N–H and O–H groups in total. The first-order chi connectivity index (χ1) is 13.5. The van der Waals surface area contributed by atoms with Crippen molar-refractivity contribution in [3.8, 4) is 5.75 Å². The van der Waals surface area contributed by atoms with Crippen LogP contribution in [0.3, 0.4) is 0 Å². The molecule has 1 aromatic heterocycles. The van der Waals surface area contributed by atoms with Crippen molar-refractivity contribution in [1.29, 1.82) is 0 Å². The van der Waals surface area contributed by atoms with Crippen LogP contribution in [0.4, 0.5) is 5.69 Å². The van der Waals surface area contributed by atoms with Crippen molar-refractivity contribution in [2.75, 3.05) is 45.2 Å². The van der Waals surface area contributed by atoms with Gasteiger partial charge in [0.2, 0.25) is 9.84 Å². The van der Waals surface area contributed by atoms with Gasteiger partial charge in [0.05, 0.1) is 17.5 Å². The van der Waals surface area contributed by atoms with Crippen LogP contribution in [0.1, 0.15) is 0 Å². The second-order valence-electron chi connectivity index (χ2n) is 6.99. The Morgan fingerprint density at radius 1 is 1.00 bits per heavy atom. The van der Waals surface area contributed by atoms with Gasteiger partial charge in [0.25, 0.3) is 0 Å². The number of hydrogen-bond donors (Lipinski definition) is 0. The molecule has 0 radical (unpaired) electrons. The van der Waals surface area contributed by atoms with Crippen LogP contribution in [0.25, 0.3) is 10.9 Å². The third-order valence-electron chi connectivity index (χ3n) is 5.18. The van der Waals surface area contributed by atoms with Crippen molar-refractivity contribution >= 4 is 26.4 Å². The summed E-state index contributed by atoms with van der Waals surface area (Å²) in [6.45, 7) is 3.93. The van der Waals surface area contributed by atoms with E-state index in [-0.39, 0.29) is 9.79 Å². The largest absolute Gasteiger partial charge is 0.495 e. The molecule has 0 unspecified atom stereocenters. The Balaban J connectivity index is 1.74. The molecule has 6 nitrogen and oxygen atoms in total. The first-order valence-corrected chi connectivity index (χ1v) is 10.7. The van der Waals surface area contributed by atoms with Gasteiger partial charge in [0, 0.05) is 43.4 Å². The van der Waals surface area contributed by atoms with Crippen LogP contribution in [0, 0.1) is 0 Å². The van der Waals surface area contributed by atoms with Gasteiger partial charge in [-0.2, -0.15) is 0 Å². The van der Waals surface area contributed by atoms with Gasteiger partial charge in [-0.05, 0) is 43.4 Å². The number of para-hydroxylation sites is 1. The highest BCUT2D eigenvalue weighted by Gasteiger charge is 2.23. The average molecular weight is 398 g/mol. The Labute approximate surface area is 165 Å². The number of methoxy groups -OCH3 is 1. The van der Waals surface area contributed by atoms with Crippen molar-refractivity contribution < 1.29 is 13.2 Å². The van der Waals surface area contributed by atoms with Gasteiger partial charge in [-0.25, -0.2) is 8.42 Å². The summed E-state index contributed by atoms with van der Waals surface area (Å²) in [6.07, 6.45) is 1.42. The van der Waals surface area contributed by atoms with Gasteiger partial charge < -0.3 is 14.5 Å². The highest BCUT2D eigenvalue weighted by molar-refractivity contribution is 7.91. The van der Waals surface area contributed by atoms with Crippen LogP contribution < -0.4 is 9.64 Å². The number of anilines is 1. The second kappa shape index (κ2) is 7.41. The minimum absolute atomic E-state index is 0.147. The maximum Gasteiger partial charge on any atom is 0.211 e. The lowest BCUT2D eigenvalue weighted by Gasteiger charge is -2.34. The summed E-state index contributed by atoms with van der Waals surface area (Å²) in [7, 11) is -0.137. The number of likely N-dealkylation sites (N-methyl/N-ethyl adjacent to an activating group) is 1. The van der Waals surface area contributed by atoms with Crippen molar-refractivity contribution in [3.63, 3.8) is 0 Å². The van der Waals surface area contributed by atoms with Crippen LogP contribution in [0.2, 0.25) is 0 Å². The van der Waals surface area contributed by atoms with Crippen LogP contribution in [-0.2, 0) is 9.84 Å². The SMILES string of the molecule is COc1ccccc1S(=O)(=O)c1cnc2ccc(N3CCN(C)CC3)cc2c1. The van der Waals surface area contributed by atoms with Crippen LogP contribution >= 0.6 is 0 Å². The first kappa shape index (κ1) is 18.7. The van der Waals surface area contributed by atoms with Gasteiger partial charge in [0.1, 0.15) is 10.6 Å². The van der Waals surface area contributed by atoms with E-state index in [1.807, 2.05) is 12.1 Å². The summed E-state index contributed by atoms with van der Waals surface area (Å²) in [5.74, 6) is 0.328. The lowest BCUT2D eigenvalue weighted by molar-refractivity contribution is 0.313. The molecule has 28 heavy (non-hydrogen) atoms. The lowest BCUT2D eigenvalue weighted by atomic mass is 10.1. The predicted octanol–water partition coefficient (Wildman–Crippen LogP) is 2.83. The van der Waals surface area contributed by atoms with E-state index in [4.69, 9.17) is 4.74 Å². The highest BCUT2D eigenvalue weighted by Crippen LogP contribution is 2.31. The van der Waals surface area contributed by atoms with Crippen LogP contribution in [-0.4, -0.2) is 58.6 Å². The molecule has 0 spiro atoms. The Morgan fingerprint density at radius 3 is 2.50 bits per heavy atom. The van der Waals surface area contributed by atoms with Gasteiger partial charge in [-0.15, -0.1) is 0 Å². The number of piperazine rings is 1. The Bertz CT molecular complexity index is 1110. The third kappa shape index (κ3) is 3.43. The van der Waals surface area contributed by atoms with E-state index in [1.165, 1.54) is 13.3 Å². The van der Waals surface area contributed by atoms with E-state index >= 15 is 0 Å². The fourth-order valence-corrected chi connectivity index (χ4v) is 4.88. The molecule has 2 heterocycles. The molecule has 1 fully saturated rings. The minimum atomic E-state index is -3.73. The maximum atomic E-state index is 13.1. The zero-order chi connectivity index (χ0) is 19.7. The summed E-state index contributed by atoms with van der Waals surface area (Å²) in [5.41, 5.74) is 1.87. The summed E-state index contributed by atoms with van der Waals surface area (Å²) in [4.78, 5) is 9.32. The number of fused-ring (bicyclic) bond motifs is 1. The van der Waals surface area contributed by atoms with Crippen LogP contribution in [0.15, 0.2) is 64.5 Å². The fraction of sp³-hybridized carbons (Fsp3) is 0.286. The standard InChI is InChI=1S/C21H23N3O3S/c1-23-9-11-24(12-10-23)17-7-8-19-16(13-17)14-18(15-22-19)28(25,26)21-6-4-3-5-20(21)27-2/h3-8,13-15H,9-12H2,1-2H3. The molecule has 0 amide bonds. The molecule has 0 saturated carbocycles. The number of aromatic nitrogens is 1. The van der Waals surface area contributed by atoms with E-state index in [1.54, 1.807) is 30.3 Å². The monoisotopic (exact) mass is 397 g/mol. The molecular weight excluding hydrogens is 374 g/mol. The molecule has 146 valence electrons. The average Bonchev–Trinajstić information content (AvgIpc) is 2.73. The summed E-state index contributed by atoms with van der Waals surface area (Å²) < 4.78 is 31.5. The van der Waals surface area contributed by atoms with Crippen LogP contribution in [0.5, 0.6) is 5.75 Å². The number of pyridine rings is 1. The number of hydrogen-bond acceptors (Lipinski definition) is 6. The molecule has 3 aromatic rings. The summed E-state index contributed by atoms with van der Waals surface area (Å²) in [6, 6.07) is 14.4. The zero-order valence-electron chi connectivity index (χ0n) is 16.0. The highest BCUT2D eigenvalue weighted by atomic mass is 32.2. The molecular formula is C21H23N3O3S. The topological polar surface area (TPSA) is 62.7 Å². The number of ether oxygens (including phenoxy) is 1. The summed E-state index contributed by atoms with van der Waals surface area (Å²) >= 11 is 0. The molecule has 1 saturated heterocycles. The minimum Gasteiger partial charge on any atom is -0.495 e. The molecule has 1 aliphatic rings. The van der Waals surface area contributed by atoms with E-state index < -0.39 is 9.84 Å². The first-order valence-electron chi connectivity index (χ1n) is 9.20. The lowest BCUT2D eigenvalue weighted by Crippen LogP contribution is -2.44. The zero-order valence-corrected chi connectivity index (χ0v) is 16.8. The normalized spacial score (nSPS) is 15.7. The van der Waals surface area contributed by atoms with Crippen molar-refractivity contribution in [3.05, 3.63) is 54.7 Å². The molecule has 2 aromatic carbocycles. The number of benzene rings is 2. The Hall–Kier alpha value is -2.64. The van der Waals surface area contributed by atoms with Gasteiger partial charge in [-0.1, -0.05) is 12.1 Å². The van der Waals surface area contributed by atoms with Crippen molar-refractivity contribution in [2.24, 2.45) is 0 Å². The number of sulfone groups is 1. The van der Waals surface area contributed by atoms with E-state index in [0.717, 1.165) is 42.8 Å². The molecule has 0 bridgehead atoms. The summed E-state index contributed by atoms with van der Waals surface area (Å²) in [5, 5.41) is 0.812. The van der Waals surface area contributed by atoms with Gasteiger partial charge in [0.15, 0.2) is 0 Å². The third-order valence-corrected chi connectivity index (χ3v) is 6.94. The van der Waals surface area contributed by atoms with E-state index in [9.17, 15) is 8.42 Å². The van der Waals surface area contributed by atoms with Gasteiger partial charge >= 0.3 is 0 Å². The fourth-order valence-electron chi connectivity index (χ4n) is 3.47. The van der Waals surface area contributed by atoms with Crippen molar-refractivity contribution in [2.45, 2.75) is 9.79 Å².